The molecule has 0 heterocycles. The van der Waals surface area contributed by atoms with E-state index in [9.17, 15) is 0 Å². The predicted octanol–water partition coefficient (Wildman–Crippen LogP) is 4.89. The van der Waals surface area contributed by atoms with Crippen molar-refractivity contribution in [1.82, 2.24) is 0 Å². The summed E-state index contributed by atoms with van der Waals surface area (Å²) in [4.78, 5) is 0. The highest BCUT2D eigenvalue weighted by molar-refractivity contribution is 9.10. The smallest absolute Gasteiger partial charge is 0.0297 e. The van der Waals surface area contributed by atoms with Crippen molar-refractivity contribution in [2.75, 3.05) is 0 Å². The van der Waals surface area contributed by atoms with E-state index in [4.69, 9.17) is 5.73 Å². The van der Waals surface area contributed by atoms with Crippen molar-refractivity contribution in [1.29, 1.82) is 0 Å². The van der Waals surface area contributed by atoms with Gasteiger partial charge in [-0.3, -0.25) is 0 Å². The highest BCUT2D eigenvalue weighted by atomic mass is 79.9. The summed E-state index contributed by atoms with van der Waals surface area (Å²) in [6.07, 6.45) is 7.83. The fourth-order valence-corrected chi connectivity index (χ4v) is 2.39. The normalized spacial score (nSPS) is 12.4. The van der Waals surface area contributed by atoms with Crippen molar-refractivity contribution < 1.29 is 0 Å². The lowest BCUT2D eigenvalue weighted by Gasteiger charge is -2.15. The average Bonchev–Trinajstić information content (AvgIpc) is 2.32. The van der Waals surface area contributed by atoms with Gasteiger partial charge in [0, 0.05) is 10.5 Å². The first-order valence-corrected chi connectivity index (χ1v) is 7.07. The molecule has 1 atom stereocenters. The molecule has 1 aromatic carbocycles. The maximum atomic E-state index is 6.24. The van der Waals surface area contributed by atoms with Crippen LogP contribution in [-0.4, -0.2) is 0 Å². The van der Waals surface area contributed by atoms with Crippen molar-refractivity contribution in [2.24, 2.45) is 5.73 Å². The van der Waals surface area contributed by atoms with Crippen LogP contribution in [0.1, 0.15) is 49.3 Å². The van der Waals surface area contributed by atoms with Crippen LogP contribution in [0.15, 0.2) is 35.3 Å². The summed E-state index contributed by atoms with van der Waals surface area (Å²) in [6, 6.07) is 6.42. The Morgan fingerprint density at radius 1 is 1.35 bits per heavy atom. The van der Waals surface area contributed by atoms with Crippen LogP contribution in [0.25, 0.3) is 0 Å². The van der Waals surface area contributed by atoms with Crippen LogP contribution in [0.2, 0.25) is 0 Å². The van der Waals surface area contributed by atoms with Gasteiger partial charge in [-0.2, -0.15) is 0 Å². The number of hydrogen-bond acceptors (Lipinski definition) is 1. The van der Waals surface area contributed by atoms with Gasteiger partial charge >= 0.3 is 0 Å². The minimum Gasteiger partial charge on any atom is -0.324 e. The van der Waals surface area contributed by atoms with Crippen LogP contribution < -0.4 is 5.73 Å². The molecule has 1 unspecified atom stereocenters. The molecule has 0 aliphatic carbocycles. The van der Waals surface area contributed by atoms with Gasteiger partial charge < -0.3 is 5.73 Å². The molecule has 2 heteroatoms. The second-order valence-electron chi connectivity index (χ2n) is 4.49. The largest absolute Gasteiger partial charge is 0.324 e. The number of allylic oxidation sites excluding steroid dienone is 1. The fraction of sp³-hybridized carbons (Fsp3) is 0.467. The second kappa shape index (κ2) is 7.67. The third kappa shape index (κ3) is 4.64. The molecule has 0 aliphatic heterocycles. The Bertz CT molecular complexity index is 360. The van der Waals surface area contributed by atoms with Gasteiger partial charge in [0.05, 0.1) is 0 Å². The third-order valence-electron chi connectivity index (χ3n) is 3.13. The van der Waals surface area contributed by atoms with E-state index >= 15 is 0 Å². The van der Waals surface area contributed by atoms with Gasteiger partial charge in [-0.05, 0) is 43.4 Å². The molecule has 2 N–H and O–H groups in total. The average molecular weight is 296 g/mol. The molecule has 0 spiro atoms. The molecule has 94 valence electrons. The zero-order valence-electron chi connectivity index (χ0n) is 10.6. The number of rotatable bonds is 7. The molecular formula is C15H22BrN. The summed E-state index contributed by atoms with van der Waals surface area (Å²) in [6.45, 7) is 5.85. The maximum Gasteiger partial charge on any atom is 0.0297 e. The Labute approximate surface area is 113 Å². The highest BCUT2D eigenvalue weighted by Crippen LogP contribution is 2.26. The number of halogens is 1. The number of nitrogens with two attached hydrogens (primary N) is 1. The van der Waals surface area contributed by atoms with Crippen molar-refractivity contribution in [3.05, 3.63) is 46.5 Å². The van der Waals surface area contributed by atoms with Crippen LogP contribution in [0.3, 0.4) is 0 Å². The quantitative estimate of drug-likeness (QED) is 0.562. The summed E-state index contributed by atoms with van der Waals surface area (Å²) in [5.41, 5.74) is 8.77. The van der Waals surface area contributed by atoms with Gasteiger partial charge in [-0.15, -0.1) is 6.58 Å². The summed E-state index contributed by atoms with van der Waals surface area (Å²) in [7, 11) is 0. The van der Waals surface area contributed by atoms with Crippen LogP contribution in [0, 0.1) is 6.92 Å². The summed E-state index contributed by atoms with van der Waals surface area (Å²) in [5.74, 6) is 0. The molecule has 0 radical (unpaired) electrons. The lowest BCUT2D eigenvalue weighted by molar-refractivity contribution is 0.570. The predicted molar refractivity (Wildman–Crippen MR) is 79.1 cm³/mol. The minimum absolute atomic E-state index is 0.163. The van der Waals surface area contributed by atoms with Crippen LogP contribution >= 0.6 is 15.9 Å². The minimum atomic E-state index is 0.163. The van der Waals surface area contributed by atoms with Crippen molar-refractivity contribution >= 4 is 15.9 Å². The molecule has 0 saturated carbocycles. The van der Waals surface area contributed by atoms with E-state index in [-0.39, 0.29) is 6.04 Å². The molecule has 17 heavy (non-hydrogen) atoms. The zero-order valence-corrected chi connectivity index (χ0v) is 12.2. The third-order valence-corrected chi connectivity index (χ3v) is 3.99. The Morgan fingerprint density at radius 2 is 2.12 bits per heavy atom. The molecule has 0 amide bonds. The summed E-state index contributed by atoms with van der Waals surface area (Å²) < 4.78 is 1.15. The van der Waals surface area contributed by atoms with Crippen molar-refractivity contribution in [3.63, 3.8) is 0 Å². The molecule has 0 fully saturated rings. The Balaban J connectivity index is 2.44. The fourth-order valence-electron chi connectivity index (χ4n) is 2.01. The van der Waals surface area contributed by atoms with E-state index in [2.05, 4.69) is 47.6 Å². The molecular weight excluding hydrogens is 274 g/mol. The Kier molecular flexibility index (Phi) is 6.53. The SMILES string of the molecule is C=CCCCCCC(N)c1cccc(Br)c1C. The van der Waals surface area contributed by atoms with E-state index in [1.54, 1.807) is 0 Å². The molecule has 0 bridgehead atoms. The van der Waals surface area contributed by atoms with E-state index in [0.29, 0.717) is 0 Å². The molecule has 1 rings (SSSR count). The lowest BCUT2D eigenvalue weighted by atomic mass is 9.97. The van der Waals surface area contributed by atoms with Crippen molar-refractivity contribution in [3.8, 4) is 0 Å². The molecule has 0 aliphatic rings. The zero-order chi connectivity index (χ0) is 12.7. The summed E-state index contributed by atoms with van der Waals surface area (Å²) in [5, 5.41) is 0. The van der Waals surface area contributed by atoms with Gasteiger partial charge in [0.1, 0.15) is 0 Å². The Morgan fingerprint density at radius 3 is 2.82 bits per heavy atom. The standard InChI is InChI=1S/C15H22BrN/c1-3-4-5-6-7-11-15(17)13-9-8-10-14(16)12(13)2/h3,8-10,15H,1,4-7,11,17H2,2H3. The number of unbranched alkanes of at least 4 members (excludes halogenated alkanes) is 3. The Hall–Kier alpha value is -0.600. The van der Waals surface area contributed by atoms with Crippen LogP contribution in [-0.2, 0) is 0 Å². The first-order valence-electron chi connectivity index (χ1n) is 6.28. The molecule has 0 aromatic heterocycles. The molecule has 0 saturated heterocycles. The van der Waals surface area contributed by atoms with E-state index in [1.807, 2.05) is 6.08 Å². The van der Waals surface area contributed by atoms with Crippen molar-refractivity contribution in [2.45, 2.75) is 45.1 Å². The first kappa shape index (κ1) is 14.5. The van der Waals surface area contributed by atoms with E-state index in [1.165, 1.54) is 30.4 Å². The maximum absolute atomic E-state index is 6.24. The van der Waals surface area contributed by atoms with Gasteiger partial charge in [-0.1, -0.05) is 47.0 Å². The first-order chi connectivity index (χ1) is 8.16. The van der Waals surface area contributed by atoms with E-state index < -0.39 is 0 Å². The van der Waals surface area contributed by atoms with Gasteiger partial charge in [-0.25, -0.2) is 0 Å². The topological polar surface area (TPSA) is 26.0 Å². The molecule has 1 aromatic rings. The number of benzene rings is 1. The summed E-state index contributed by atoms with van der Waals surface area (Å²) >= 11 is 3.55. The van der Waals surface area contributed by atoms with Gasteiger partial charge in [0.25, 0.3) is 0 Å². The highest BCUT2D eigenvalue weighted by Gasteiger charge is 2.09. The van der Waals surface area contributed by atoms with Gasteiger partial charge in [0.2, 0.25) is 0 Å². The molecule has 1 nitrogen and oxygen atoms in total. The lowest BCUT2D eigenvalue weighted by Crippen LogP contribution is -2.11. The monoisotopic (exact) mass is 295 g/mol. The second-order valence-corrected chi connectivity index (χ2v) is 5.34. The van der Waals surface area contributed by atoms with Gasteiger partial charge in [0.15, 0.2) is 0 Å². The van der Waals surface area contributed by atoms with E-state index in [0.717, 1.165) is 17.3 Å². The van der Waals surface area contributed by atoms with Crippen LogP contribution in [0.4, 0.5) is 0 Å². The van der Waals surface area contributed by atoms with Crippen LogP contribution in [0.5, 0.6) is 0 Å². The number of hydrogen-bond donors (Lipinski definition) is 1.